The van der Waals surface area contributed by atoms with Crippen LogP contribution in [0.1, 0.15) is 23.6 Å². The van der Waals surface area contributed by atoms with E-state index in [2.05, 4.69) is 28.1 Å². The molecule has 2 aliphatic rings. The summed E-state index contributed by atoms with van der Waals surface area (Å²) in [5.41, 5.74) is 4.82. The van der Waals surface area contributed by atoms with Gasteiger partial charge in [0.2, 0.25) is 0 Å². The molecule has 0 amide bonds. The third-order valence-corrected chi connectivity index (χ3v) is 6.20. The minimum atomic E-state index is 0.117. The third kappa shape index (κ3) is 3.47. The van der Waals surface area contributed by atoms with Gasteiger partial charge >= 0.3 is 0 Å². The number of rotatable bonds is 4. The van der Waals surface area contributed by atoms with E-state index in [-0.39, 0.29) is 5.56 Å². The molecule has 2 atom stereocenters. The molecule has 1 saturated heterocycles. The van der Waals surface area contributed by atoms with E-state index in [0.29, 0.717) is 11.8 Å². The minimum absolute atomic E-state index is 0.117. The molecule has 5 rings (SSSR count). The molecule has 29 heavy (non-hydrogen) atoms. The molecule has 148 valence electrons. The molecule has 0 radical (unpaired) electrons. The van der Waals surface area contributed by atoms with Gasteiger partial charge in [0.15, 0.2) is 0 Å². The molecule has 3 aromatic rings. The monoisotopic (exact) mass is 387 g/mol. The Morgan fingerprint density at radius 2 is 1.93 bits per heavy atom. The lowest BCUT2D eigenvalue weighted by Gasteiger charge is -2.43. The second-order valence-corrected chi connectivity index (χ2v) is 8.16. The average Bonchev–Trinajstić information content (AvgIpc) is 2.75. The van der Waals surface area contributed by atoms with Gasteiger partial charge in [-0.2, -0.15) is 0 Å². The van der Waals surface area contributed by atoms with Crippen molar-refractivity contribution in [1.82, 2.24) is 14.5 Å². The first-order valence-corrected chi connectivity index (χ1v) is 10.2. The molecule has 1 fully saturated rings. The number of likely N-dealkylation sites (tertiary alicyclic amines) is 1. The van der Waals surface area contributed by atoms with Crippen molar-refractivity contribution < 1.29 is 4.74 Å². The van der Waals surface area contributed by atoms with Crippen LogP contribution in [-0.4, -0.2) is 34.7 Å². The lowest BCUT2D eigenvalue weighted by atomic mass is 9.80. The Kier molecular flexibility index (Phi) is 4.68. The van der Waals surface area contributed by atoms with E-state index in [4.69, 9.17) is 4.74 Å². The number of methoxy groups -OCH3 is 1. The highest BCUT2D eigenvalue weighted by atomic mass is 16.5. The van der Waals surface area contributed by atoms with Crippen molar-refractivity contribution in [3.05, 3.63) is 82.5 Å². The second kappa shape index (κ2) is 7.48. The molecule has 5 heteroatoms. The van der Waals surface area contributed by atoms with Crippen molar-refractivity contribution in [2.75, 3.05) is 20.2 Å². The Morgan fingerprint density at radius 1 is 1.07 bits per heavy atom. The summed E-state index contributed by atoms with van der Waals surface area (Å²) in [5.74, 6) is 1.77. The molecule has 0 saturated carbocycles. The number of benzene rings is 1. The predicted molar refractivity (Wildman–Crippen MR) is 113 cm³/mol. The Bertz CT molecular complexity index is 1060. The van der Waals surface area contributed by atoms with Crippen molar-refractivity contribution in [2.24, 2.45) is 5.92 Å². The van der Waals surface area contributed by atoms with E-state index in [9.17, 15) is 4.79 Å². The van der Waals surface area contributed by atoms with Crippen LogP contribution < -0.4 is 10.3 Å². The molecule has 2 aliphatic heterocycles. The fourth-order valence-electron chi connectivity index (χ4n) is 5.00. The maximum absolute atomic E-state index is 12.6. The second-order valence-electron chi connectivity index (χ2n) is 8.16. The van der Waals surface area contributed by atoms with Crippen LogP contribution in [0.25, 0.3) is 11.1 Å². The number of aromatic nitrogens is 2. The van der Waals surface area contributed by atoms with E-state index in [1.807, 2.05) is 35.0 Å². The van der Waals surface area contributed by atoms with E-state index < -0.39 is 0 Å². The predicted octanol–water partition coefficient (Wildman–Crippen LogP) is 3.54. The summed E-state index contributed by atoms with van der Waals surface area (Å²) in [4.78, 5) is 19.5. The fraction of sp³-hybridized carbons (Fsp3) is 0.333. The van der Waals surface area contributed by atoms with Crippen molar-refractivity contribution in [3.8, 4) is 16.9 Å². The van der Waals surface area contributed by atoms with E-state index >= 15 is 0 Å². The Hall–Kier alpha value is -2.92. The van der Waals surface area contributed by atoms with Crippen molar-refractivity contribution in [2.45, 2.75) is 25.4 Å². The molecule has 5 nitrogen and oxygen atoms in total. The first-order chi connectivity index (χ1) is 14.2. The first-order valence-electron chi connectivity index (χ1n) is 10.2. The van der Waals surface area contributed by atoms with Crippen LogP contribution in [0.15, 0.2) is 65.7 Å². The lowest BCUT2D eigenvalue weighted by Crippen LogP contribution is -2.47. The van der Waals surface area contributed by atoms with E-state index in [1.165, 1.54) is 11.3 Å². The highest BCUT2D eigenvalue weighted by molar-refractivity contribution is 5.66. The minimum Gasteiger partial charge on any atom is -0.497 e. The van der Waals surface area contributed by atoms with Gasteiger partial charge in [-0.15, -0.1) is 0 Å². The van der Waals surface area contributed by atoms with Crippen LogP contribution in [0, 0.1) is 5.92 Å². The lowest BCUT2D eigenvalue weighted by molar-refractivity contribution is 0.115. The maximum atomic E-state index is 12.6. The Balaban J connectivity index is 1.46. The number of piperidine rings is 1. The molecule has 0 spiro atoms. The summed E-state index contributed by atoms with van der Waals surface area (Å²) < 4.78 is 7.29. The van der Waals surface area contributed by atoms with Crippen LogP contribution in [0.2, 0.25) is 0 Å². The van der Waals surface area contributed by atoms with E-state index in [0.717, 1.165) is 49.5 Å². The van der Waals surface area contributed by atoms with Gasteiger partial charge in [0.25, 0.3) is 5.56 Å². The summed E-state index contributed by atoms with van der Waals surface area (Å²) in [5, 5.41) is 0. The maximum Gasteiger partial charge on any atom is 0.250 e. The molecule has 1 aromatic carbocycles. The van der Waals surface area contributed by atoms with Crippen LogP contribution in [0.4, 0.5) is 0 Å². The van der Waals surface area contributed by atoms with Gasteiger partial charge in [0.05, 0.1) is 7.11 Å². The summed E-state index contributed by atoms with van der Waals surface area (Å²) in [6.07, 6.45) is 4.83. The van der Waals surface area contributed by atoms with Gasteiger partial charge in [0.1, 0.15) is 5.75 Å². The zero-order valence-corrected chi connectivity index (χ0v) is 16.6. The highest BCUT2D eigenvalue weighted by Gasteiger charge is 2.36. The van der Waals surface area contributed by atoms with Crippen molar-refractivity contribution in [3.63, 3.8) is 0 Å². The molecule has 2 aromatic heterocycles. The largest absolute Gasteiger partial charge is 0.497 e. The SMILES string of the molecule is COc1ccc(CN2CC3CC(C2)c2c(-c4cccnc4)ccc(=O)n2C3)cc1. The topological polar surface area (TPSA) is 47.4 Å². The number of fused-ring (bicyclic) bond motifs is 4. The van der Waals surface area contributed by atoms with Crippen LogP contribution in [0.3, 0.4) is 0 Å². The fourth-order valence-corrected chi connectivity index (χ4v) is 5.00. The highest BCUT2D eigenvalue weighted by Crippen LogP contribution is 2.40. The first kappa shape index (κ1) is 18.1. The van der Waals surface area contributed by atoms with Crippen LogP contribution in [-0.2, 0) is 13.1 Å². The third-order valence-electron chi connectivity index (χ3n) is 6.20. The van der Waals surface area contributed by atoms with Crippen LogP contribution in [0.5, 0.6) is 5.75 Å². The van der Waals surface area contributed by atoms with E-state index in [1.54, 1.807) is 19.4 Å². The number of hydrogen-bond donors (Lipinski definition) is 0. The Morgan fingerprint density at radius 3 is 2.69 bits per heavy atom. The number of ether oxygens (including phenoxy) is 1. The number of hydrogen-bond acceptors (Lipinski definition) is 4. The molecule has 2 unspecified atom stereocenters. The standard InChI is InChI=1S/C24H25N3O2/c1-29-21-6-4-17(5-7-21)13-26-14-18-11-20(16-26)24-22(19-3-2-10-25-12-19)8-9-23(28)27(24)15-18/h2-10,12,18,20H,11,13-16H2,1H3. The van der Waals surface area contributed by atoms with Crippen LogP contribution >= 0.6 is 0 Å². The van der Waals surface area contributed by atoms with Gasteiger partial charge in [0, 0.05) is 67.4 Å². The Labute approximate surface area is 170 Å². The quantitative estimate of drug-likeness (QED) is 0.687. The molecule has 2 bridgehead atoms. The molecule has 0 N–H and O–H groups in total. The van der Waals surface area contributed by atoms with Gasteiger partial charge in [-0.05, 0) is 42.2 Å². The average molecular weight is 387 g/mol. The summed E-state index contributed by atoms with van der Waals surface area (Å²) in [7, 11) is 1.69. The summed E-state index contributed by atoms with van der Waals surface area (Å²) >= 11 is 0. The summed E-state index contributed by atoms with van der Waals surface area (Å²) in [6.45, 7) is 3.74. The number of nitrogens with zero attached hydrogens (tertiary/aromatic N) is 3. The zero-order chi connectivity index (χ0) is 19.8. The van der Waals surface area contributed by atoms with Gasteiger partial charge in [-0.25, -0.2) is 0 Å². The van der Waals surface area contributed by atoms with Gasteiger partial charge < -0.3 is 9.30 Å². The normalized spacial score (nSPS) is 20.9. The molecular formula is C24H25N3O2. The number of pyridine rings is 2. The molecule has 0 aliphatic carbocycles. The van der Waals surface area contributed by atoms with Gasteiger partial charge in [-0.3, -0.25) is 14.7 Å². The summed E-state index contributed by atoms with van der Waals surface area (Å²) in [6, 6.07) is 16.1. The zero-order valence-electron chi connectivity index (χ0n) is 16.6. The molecular weight excluding hydrogens is 362 g/mol. The molecule has 4 heterocycles. The van der Waals surface area contributed by atoms with Gasteiger partial charge in [-0.1, -0.05) is 18.2 Å². The smallest absolute Gasteiger partial charge is 0.250 e. The van der Waals surface area contributed by atoms with Crippen molar-refractivity contribution >= 4 is 0 Å². The van der Waals surface area contributed by atoms with Crippen molar-refractivity contribution in [1.29, 1.82) is 0 Å².